The van der Waals surface area contributed by atoms with E-state index in [2.05, 4.69) is 297 Å². The van der Waals surface area contributed by atoms with Gasteiger partial charge in [0, 0.05) is 99.3 Å². The summed E-state index contributed by atoms with van der Waals surface area (Å²) in [6.45, 7) is 0.715. The van der Waals surface area contributed by atoms with Crippen molar-refractivity contribution in [3.8, 4) is 39.7 Å². The summed E-state index contributed by atoms with van der Waals surface area (Å²) in [7, 11) is 0. The Morgan fingerprint density at radius 3 is 1.30 bits per heavy atom. The summed E-state index contributed by atoms with van der Waals surface area (Å²) in [5, 5.41) is 15.4. The summed E-state index contributed by atoms with van der Waals surface area (Å²) in [6, 6.07) is 102. The lowest BCUT2D eigenvalue weighted by molar-refractivity contribution is 0.869. The number of rotatable bonds is 7. The molecule has 6 heteroatoms. The molecular formula is C77H48N6. The van der Waals surface area contributed by atoms with Gasteiger partial charge in [-0.05, 0) is 107 Å². The molecule has 0 aliphatic carbocycles. The van der Waals surface area contributed by atoms with E-state index in [1.807, 2.05) is 0 Å². The Morgan fingerprint density at radius 2 is 0.711 bits per heavy atom. The van der Waals surface area contributed by atoms with Crippen LogP contribution in [-0.4, -0.2) is 28.2 Å². The Balaban J connectivity index is 0.753. The van der Waals surface area contributed by atoms with Gasteiger partial charge in [-0.25, -0.2) is 9.97 Å². The minimum absolute atomic E-state index is 0.694. The zero-order valence-corrected chi connectivity index (χ0v) is 44.9. The average Bonchev–Trinajstić information content (AvgIpc) is 4.17. The first-order valence-corrected chi connectivity index (χ1v) is 28.5. The Labute approximate surface area is 476 Å². The number of fused-ring (bicyclic) bond motifs is 16. The maximum absolute atomic E-state index is 5.59. The molecule has 13 aromatic carbocycles. The predicted octanol–water partition coefficient (Wildman–Crippen LogP) is 19.7. The summed E-state index contributed by atoms with van der Waals surface area (Å²) in [5.41, 5.74) is 18.0. The van der Waals surface area contributed by atoms with Gasteiger partial charge in [-0.3, -0.25) is 0 Å². The van der Waals surface area contributed by atoms with Crippen molar-refractivity contribution < 1.29 is 0 Å². The van der Waals surface area contributed by atoms with Crippen LogP contribution in [0.25, 0.3) is 159 Å². The fraction of sp³-hybridized carbons (Fsp3) is 0.0130. The van der Waals surface area contributed by atoms with Crippen molar-refractivity contribution in [3.63, 3.8) is 0 Å². The second-order valence-corrected chi connectivity index (χ2v) is 22.1. The van der Waals surface area contributed by atoms with E-state index in [1.54, 1.807) is 0 Å². The molecule has 83 heavy (non-hydrogen) atoms. The van der Waals surface area contributed by atoms with Gasteiger partial charge in [-0.15, -0.1) is 0 Å². The van der Waals surface area contributed by atoms with E-state index in [0.29, 0.717) is 12.4 Å². The SMILES string of the molecule is c1ccc2c(c1)ccc1c(-c3ccc(Cn4c5ccccc5c5cc(-n6c7ccccc7c7ccccc76)ccc54)cc3)nc(-c3ccc(-n4c5ccccc5c5cc(-n6c7ccccc7c7ccccc76)ccc54)c4ccccc34)nc12. The molecule has 0 radical (unpaired) electrons. The normalized spacial score (nSPS) is 12.1. The number of aromatic nitrogens is 6. The molecule has 0 bridgehead atoms. The van der Waals surface area contributed by atoms with Gasteiger partial charge in [0.1, 0.15) is 0 Å². The maximum atomic E-state index is 5.59. The lowest BCUT2D eigenvalue weighted by Gasteiger charge is -2.16. The van der Waals surface area contributed by atoms with Crippen LogP contribution in [-0.2, 0) is 6.54 Å². The molecule has 0 saturated heterocycles. The highest BCUT2D eigenvalue weighted by Crippen LogP contribution is 2.42. The topological polar surface area (TPSA) is 45.5 Å². The first-order chi connectivity index (χ1) is 41.2. The average molecular weight is 1060 g/mol. The third-order valence-corrected chi connectivity index (χ3v) is 17.6. The molecule has 0 fully saturated rings. The van der Waals surface area contributed by atoms with E-state index in [4.69, 9.17) is 9.97 Å². The Hall–Kier alpha value is -11.1. The van der Waals surface area contributed by atoms with Crippen LogP contribution >= 0.6 is 0 Å². The molecule has 0 spiro atoms. The van der Waals surface area contributed by atoms with Gasteiger partial charge in [-0.1, -0.05) is 188 Å². The largest absolute Gasteiger partial charge is 0.336 e. The molecule has 386 valence electrons. The van der Waals surface area contributed by atoms with Crippen molar-refractivity contribution in [3.05, 3.63) is 285 Å². The van der Waals surface area contributed by atoms with Gasteiger partial charge < -0.3 is 18.3 Å². The van der Waals surface area contributed by atoms with Crippen LogP contribution in [0.4, 0.5) is 0 Å². The third-order valence-electron chi connectivity index (χ3n) is 17.6. The van der Waals surface area contributed by atoms with Crippen LogP contribution in [0.2, 0.25) is 0 Å². The first kappa shape index (κ1) is 45.7. The molecule has 0 aliphatic rings. The van der Waals surface area contributed by atoms with E-state index in [9.17, 15) is 0 Å². The van der Waals surface area contributed by atoms with Crippen molar-refractivity contribution in [2.45, 2.75) is 6.54 Å². The summed E-state index contributed by atoms with van der Waals surface area (Å²) >= 11 is 0. The standard InChI is InChI=1S/C77H48N6/c1-2-18-53-49(17-1)37-40-63-75(50-35-33-48(34-36-50)47-80-66-27-11-5-25-60(66)64-45-51(38-42-67(64)80)81-68-28-12-6-21-56(68)57-22-7-13-29-69(57)81)78-77(79-76(53)63)62-41-44-73(55-20-4-3-19-54(55)62)83-72-32-16-10-26-61(72)65-46-52(39-43-74(65)83)82-70-30-14-8-23-58(70)59-24-9-15-31-71(59)82/h1-46H,47H2. The van der Waals surface area contributed by atoms with E-state index < -0.39 is 0 Å². The molecule has 0 N–H and O–H groups in total. The molecule has 18 rings (SSSR count). The second kappa shape index (κ2) is 17.7. The fourth-order valence-electron chi connectivity index (χ4n) is 13.9. The predicted molar refractivity (Wildman–Crippen MR) is 347 cm³/mol. The molecular weight excluding hydrogens is 1010 g/mol. The Kier molecular flexibility index (Phi) is 9.76. The molecule has 0 aliphatic heterocycles. The van der Waals surface area contributed by atoms with Gasteiger partial charge >= 0.3 is 0 Å². The minimum atomic E-state index is 0.694. The maximum Gasteiger partial charge on any atom is 0.161 e. The summed E-state index contributed by atoms with van der Waals surface area (Å²) in [4.78, 5) is 11.1. The van der Waals surface area contributed by atoms with Crippen LogP contribution in [0.1, 0.15) is 5.56 Å². The minimum Gasteiger partial charge on any atom is -0.336 e. The van der Waals surface area contributed by atoms with E-state index >= 15 is 0 Å². The number of para-hydroxylation sites is 6. The van der Waals surface area contributed by atoms with Crippen LogP contribution < -0.4 is 0 Å². The van der Waals surface area contributed by atoms with Crippen molar-refractivity contribution in [1.29, 1.82) is 0 Å². The van der Waals surface area contributed by atoms with Gasteiger partial charge in [0.15, 0.2) is 5.82 Å². The smallest absolute Gasteiger partial charge is 0.161 e. The highest BCUT2D eigenvalue weighted by Gasteiger charge is 2.22. The molecule has 0 unspecified atom stereocenters. The molecule has 5 heterocycles. The van der Waals surface area contributed by atoms with Crippen LogP contribution in [0, 0.1) is 0 Å². The Morgan fingerprint density at radius 1 is 0.277 bits per heavy atom. The first-order valence-electron chi connectivity index (χ1n) is 28.5. The molecule has 0 atom stereocenters. The molecule has 18 aromatic rings. The zero-order chi connectivity index (χ0) is 54.3. The number of hydrogen-bond acceptors (Lipinski definition) is 2. The number of benzene rings is 13. The summed E-state index contributed by atoms with van der Waals surface area (Å²) in [5.74, 6) is 0.694. The Bertz CT molecular complexity index is 5630. The van der Waals surface area contributed by atoms with E-state index in [-0.39, 0.29) is 0 Å². The monoisotopic (exact) mass is 1060 g/mol. The number of hydrogen-bond donors (Lipinski definition) is 0. The number of nitrogens with zero attached hydrogens (tertiary/aromatic N) is 6. The van der Waals surface area contributed by atoms with E-state index in [1.165, 1.54) is 81.8 Å². The van der Waals surface area contributed by atoms with Crippen molar-refractivity contribution in [1.82, 2.24) is 28.2 Å². The fourth-order valence-corrected chi connectivity index (χ4v) is 13.9. The second-order valence-electron chi connectivity index (χ2n) is 22.1. The van der Waals surface area contributed by atoms with Gasteiger partial charge in [0.05, 0.1) is 50.0 Å². The lowest BCUT2D eigenvalue weighted by atomic mass is 9.99. The zero-order valence-electron chi connectivity index (χ0n) is 44.9. The third kappa shape index (κ3) is 6.78. The highest BCUT2D eigenvalue weighted by molar-refractivity contribution is 6.16. The van der Waals surface area contributed by atoms with Crippen molar-refractivity contribution in [2.75, 3.05) is 0 Å². The van der Waals surface area contributed by atoms with Crippen molar-refractivity contribution in [2.24, 2.45) is 0 Å². The highest BCUT2D eigenvalue weighted by atomic mass is 15.0. The molecule has 0 saturated carbocycles. The van der Waals surface area contributed by atoms with Crippen LogP contribution in [0.15, 0.2) is 279 Å². The molecule has 6 nitrogen and oxygen atoms in total. The van der Waals surface area contributed by atoms with Crippen LogP contribution in [0.3, 0.4) is 0 Å². The van der Waals surface area contributed by atoms with Gasteiger partial charge in [-0.2, -0.15) is 0 Å². The quantitative estimate of drug-likeness (QED) is 0.149. The molecule has 5 aromatic heterocycles. The van der Waals surface area contributed by atoms with Gasteiger partial charge in [0.25, 0.3) is 0 Å². The van der Waals surface area contributed by atoms with Gasteiger partial charge in [0.2, 0.25) is 0 Å². The summed E-state index contributed by atoms with van der Waals surface area (Å²) in [6.07, 6.45) is 0. The van der Waals surface area contributed by atoms with Crippen LogP contribution in [0.5, 0.6) is 0 Å². The molecule has 0 amide bonds. The van der Waals surface area contributed by atoms with Crippen molar-refractivity contribution >= 4 is 120 Å². The summed E-state index contributed by atoms with van der Waals surface area (Å²) < 4.78 is 9.73. The lowest BCUT2D eigenvalue weighted by Crippen LogP contribution is -2.01. The van der Waals surface area contributed by atoms with E-state index in [0.717, 1.165) is 77.4 Å².